The maximum Gasteiger partial charge on any atom is 0.320 e. The Morgan fingerprint density at radius 2 is 1.72 bits per heavy atom. The van der Waals surface area contributed by atoms with Gasteiger partial charge in [-0.2, -0.15) is 4.31 Å². The monoisotopic (exact) mass is 593 g/mol. The fraction of sp³-hybridized carbons (Fsp3) is 0.444. The molecule has 210 valence electrons. The number of anilines is 1. The third-order valence-electron chi connectivity index (χ3n) is 7.71. The minimum absolute atomic E-state index is 0.00360. The molecule has 0 bridgehead atoms. The lowest BCUT2D eigenvalue weighted by Crippen LogP contribution is -2.53. The largest absolute Gasteiger partial charge is 0.490 e. The molecule has 3 aliphatic heterocycles. The summed E-state index contributed by atoms with van der Waals surface area (Å²) in [5, 5.41) is 4.12. The van der Waals surface area contributed by atoms with Crippen LogP contribution >= 0.6 is 23.2 Å². The van der Waals surface area contributed by atoms with Gasteiger partial charge in [0.15, 0.2) is 0 Å². The Hall–Kier alpha value is -2.66. The molecule has 12 heteroatoms. The number of rotatable bonds is 6. The second-order valence-corrected chi connectivity index (χ2v) is 13.0. The number of piperazine rings is 1. The first-order valence-electron chi connectivity index (χ1n) is 13.0. The molecular weight excluding hydrogens is 561 g/mol. The summed E-state index contributed by atoms with van der Waals surface area (Å²) in [4.78, 5) is 19.2. The van der Waals surface area contributed by atoms with Gasteiger partial charge in [-0.15, -0.1) is 0 Å². The minimum Gasteiger partial charge on any atom is -0.490 e. The zero-order chi connectivity index (χ0) is 27.7. The Labute approximate surface area is 239 Å². The fourth-order valence-electron chi connectivity index (χ4n) is 5.51. The third-order valence-corrected chi connectivity index (χ3v) is 9.76. The molecule has 39 heavy (non-hydrogen) atoms. The van der Waals surface area contributed by atoms with Gasteiger partial charge in [0, 0.05) is 69.2 Å². The van der Waals surface area contributed by atoms with Crippen molar-refractivity contribution in [2.24, 2.45) is 5.92 Å². The van der Waals surface area contributed by atoms with Crippen LogP contribution in [0, 0.1) is 5.92 Å². The van der Waals surface area contributed by atoms with E-state index in [4.69, 9.17) is 27.9 Å². The predicted octanol–water partition coefficient (Wildman–Crippen LogP) is 4.01. The van der Waals surface area contributed by atoms with E-state index in [9.17, 15) is 13.2 Å². The number of carbonyl (C=O) groups is 1. The predicted molar refractivity (Wildman–Crippen MR) is 154 cm³/mol. The van der Waals surface area contributed by atoms with E-state index in [1.165, 1.54) is 10.6 Å². The molecule has 0 saturated carbocycles. The van der Waals surface area contributed by atoms with Crippen molar-refractivity contribution >= 4 is 44.9 Å². The van der Waals surface area contributed by atoms with E-state index in [2.05, 4.69) is 10.2 Å². The molecule has 0 spiro atoms. The number of sulfonamides is 1. The highest BCUT2D eigenvalue weighted by molar-refractivity contribution is 7.88. The van der Waals surface area contributed by atoms with Crippen LogP contribution < -0.4 is 15.0 Å². The van der Waals surface area contributed by atoms with Gasteiger partial charge in [-0.25, -0.2) is 13.2 Å². The number of carbonyl (C=O) groups excluding carboxylic acids is 1. The van der Waals surface area contributed by atoms with E-state index in [0.29, 0.717) is 49.3 Å². The van der Waals surface area contributed by atoms with E-state index in [1.54, 1.807) is 11.0 Å². The number of ether oxygens (including phenoxy) is 1. The molecule has 2 aromatic carbocycles. The molecule has 3 atom stereocenters. The van der Waals surface area contributed by atoms with Crippen LogP contribution in [0.4, 0.5) is 10.5 Å². The van der Waals surface area contributed by atoms with E-state index < -0.39 is 10.0 Å². The number of urea groups is 1. The number of halogens is 2. The molecule has 0 aliphatic carbocycles. The maximum atomic E-state index is 13.5. The van der Waals surface area contributed by atoms with Crippen LogP contribution in [0.5, 0.6) is 5.75 Å². The summed E-state index contributed by atoms with van der Waals surface area (Å²) < 4.78 is 31.6. The lowest BCUT2D eigenvalue weighted by molar-refractivity contribution is 0.129. The van der Waals surface area contributed by atoms with Crippen molar-refractivity contribution in [3.05, 3.63) is 70.5 Å². The van der Waals surface area contributed by atoms with Crippen molar-refractivity contribution < 1.29 is 17.9 Å². The average molecular weight is 595 g/mol. The van der Waals surface area contributed by atoms with Gasteiger partial charge in [0.2, 0.25) is 10.0 Å². The molecule has 1 N–H and O–H groups in total. The van der Waals surface area contributed by atoms with Crippen molar-refractivity contribution in [2.75, 3.05) is 57.1 Å². The molecule has 2 aromatic rings. The van der Waals surface area contributed by atoms with E-state index >= 15 is 0 Å². The quantitative estimate of drug-likeness (QED) is 0.544. The maximum absolute atomic E-state index is 13.5. The Bertz CT molecular complexity index is 1330. The molecule has 2 saturated heterocycles. The highest BCUT2D eigenvalue weighted by Crippen LogP contribution is 2.39. The normalized spacial score (nSPS) is 22.7. The van der Waals surface area contributed by atoms with Crippen molar-refractivity contribution in [1.29, 1.82) is 0 Å². The third kappa shape index (κ3) is 6.24. The number of hydrogen-bond donors (Lipinski definition) is 1. The van der Waals surface area contributed by atoms with Crippen LogP contribution in [0.1, 0.15) is 18.4 Å². The highest BCUT2D eigenvalue weighted by atomic mass is 35.5. The summed E-state index contributed by atoms with van der Waals surface area (Å²) in [7, 11) is -3.27. The summed E-state index contributed by atoms with van der Waals surface area (Å²) in [6.07, 6.45) is 4.91. The van der Waals surface area contributed by atoms with Crippen LogP contribution in [-0.2, 0) is 10.0 Å². The van der Waals surface area contributed by atoms with Crippen LogP contribution in [0.3, 0.4) is 0 Å². The van der Waals surface area contributed by atoms with E-state index in [0.717, 1.165) is 23.7 Å². The molecule has 5 rings (SSSR count). The van der Waals surface area contributed by atoms with Gasteiger partial charge in [0.05, 0.1) is 23.0 Å². The Morgan fingerprint density at radius 3 is 2.33 bits per heavy atom. The van der Waals surface area contributed by atoms with E-state index in [1.807, 2.05) is 60.6 Å². The van der Waals surface area contributed by atoms with Crippen LogP contribution in [-0.4, -0.2) is 86.9 Å². The fourth-order valence-corrected chi connectivity index (χ4v) is 6.64. The van der Waals surface area contributed by atoms with Crippen LogP contribution in [0.25, 0.3) is 0 Å². The van der Waals surface area contributed by atoms with Gasteiger partial charge < -0.3 is 24.8 Å². The first-order chi connectivity index (χ1) is 18.6. The molecular formula is C27H33Cl2N5O4S. The van der Waals surface area contributed by atoms with Gasteiger partial charge in [-0.1, -0.05) is 29.3 Å². The van der Waals surface area contributed by atoms with Crippen molar-refractivity contribution in [3.8, 4) is 5.75 Å². The molecule has 2 fully saturated rings. The molecule has 9 nitrogen and oxygen atoms in total. The summed E-state index contributed by atoms with van der Waals surface area (Å²) in [6, 6.07) is 13.5. The number of nitrogens with zero attached hydrogens (tertiary/aromatic N) is 4. The summed E-state index contributed by atoms with van der Waals surface area (Å²) in [5.74, 6) is 0.766. The number of likely N-dealkylation sites (tertiary alicyclic amines) is 1. The van der Waals surface area contributed by atoms with Gasteiger partial charge in [0.1, 0.15) is 11.9 Å². The molecule has 0 radical (unpaired) electrons. The topological polar surface area (TPSA) is 85.4 Å². The number of benzene rings is 2. The smallest absolute Gasteiger partial charge is 0.320 e. The van der Waals surface area contributed by atoms with Crippen LogP contribution in [0.15, 0.2) is 54.9 Å². The van der Waals surface area contributed by atoms with Gasteiger partial charge in [-0.05, 0) is 48.9 Å². The standard InChI is InChI=1S/C27H33Cl2N5O4S/c1-19(38-22-6-4-21(5-7-22)32-10-9-30-18-32)23-16-33(17-24(23)20-3-8-25(28)26(29)15-20)27(35)31-11-13-34(14-12-31)39(2,36)37/h3-10,15,19,23-24,30H,11-14,16-18H2,1-2H3/t19-,23+,24+/m1/s1. The number of amides is 2. The zero-order valence-corrected chi connectivity index (χ0v) is 24.3. The minimum atomic E-state index is -3.27. The van der Waals surface area contributed by atoms with Gasteiger partial charge in [0.25, 0.3) is 0 Å². The lowest BCUT2D eigenvalue weighted by Gasteiger charge is -2.35. The number of hydrogen-bond acceptors (Lipinski definition) is 6. The molecule has 2 amide bonds. The average Bonchev–Trinajstić information content (AvgIpc) is 3.61. The lowest BCUT2D eigenvalue weighted by atomic mass is 9.85. The van der Waals surface area contributed by atoms with Gasteiger partial charge in [-0.3, -0.25) is 0 Å². The first kappa shape index (κ1) is 27.9. The summed E-state index contributed by atoms with van der Waals surface area (Å²) >= 11 is 12.6. The Balaban J connectivity index is 1.31. The molecule has 0 unspecified atom stereocenters. The number of nitrogens with one attached hydrogen (secondary N) is 1. The SMILES string of the molecule is C[C@@H](Oc1ccc(N2C=CNC2)cc1)[C@@H]1CN(C(=O)N2CCN(S(C)(=O)=O)CC2)C[C@H]1c1ccc(Cl)c(Cl)c1. The van der Waals surface area contributed by atoms with Crippen molar-refractivity contribution in [3.63, 3.8) is 0 Å². The second kappa shape index (κ2) is 11.4. The van der Waals surface area contributed by atoms with Crippen molar-refractivity contribution in [2.45, 2.75) is 18.9 Å². The Kier molecular flexibility index (Phi) is 8.19. The molecule has 3 aliphatic rings. The summed E-state index contributed by atoms with van der Waals surface area (Å²) in [6.45, 7) is 5.13. The zero-order valence-electron chi connectivity index (χ0n) is 22.0. The first-order valence-corrected chi connectivity index (χ1v) is 15.6. The van der Waals surface area contributed by atoms with Crippen LogP contribution in [0.2, 0.25) is 10.0 Å². The Morgan fingerprint density at radius 1 is 1.00 bits per heavy atom. The highest BCUT2D eigenvalue weighted by Gasteiger charge is 2.42. The molecule has 0 aromatic heterocycles. The second-order valence-electron chi connectivity index (χ2n) is 10.2. The van der Waals surface area contributed by atoms with Crippen molar-refractivity contribution in [1.82, 2.24) is 19.4 Å². The summed E-state index contributed by atoms with van der Waals surface area (Å²) in [5.41, 5.74) is 2.07. The van der Waals surface area contributed by atoms with E-state index in [-0.39, 0.29) is 24.0 Å². The van der Waals surface area contributed by atoms with Gasteiger partial charge >= 0.3 is 6.03 Å². The molecule has 3 heterocycles.